The molecule has 1 aliphatic carbocycles. The van der Waals surface area contributed by atoms with Crippen molar-refractivity contribution < 1.29 is 24.2 Å². The van der Waals surface area contributed by atoms with Gasteiger partial charge in [-0.15, -0.1) is 0 Å². The fourth-order valence-corrected chi connectivity index (χ4v) is 3.16. The van der Waals surface area contributed by atoms with Gasteiger partial charge in [0.1, 0.15) is 0 Å². The maximum Gasteiger partial charge on any atom is 0.303 e. The zero-order valence-corrected chi connectivity index (χ0v) is 13.7. The first-order valence-electron chi connectivity index (χ1n) is 6.93. The maximum atomic E-state index is 12.6. The average molecular weight is 296 g/mol. The maximum absolute atomic E-state index is 12.6. The lowest BCUT2D eigenvalue weighted by Crippen LogP contribution is -2.57. The van der Waals surface area contributed by atoms with Crippen LogP contribution in [0.2, 0.25) is 0 Å². The minimum atomic E-state index is -2.07. The third-order valence-electron chi connectivity index (χ3n) is 4.22. The van der Waals surface area contributed by atoms with Crippen molar-refractivity contribution in [3.63, 3.8) is 0 Å². The van der Waals surface area contributed by atoms with Crippen molar-refractivity contribution in [2.24, 2.45) is 10.8 Å². The molecule has 0 aromatic heterocycles. The van der Waals surface area contributed by atoms with Crippen molar-refractivity contribution in [2.75, 3.05) is 0 Å². The number of hydrogen-bond acceptors (Lipinski definition) is 5. The summed E-state index contributed by atoms with van der Waals surface area (Å²) in [5, 5.41) is 11.1. The summed E-state index contributed by atoms with van der Waals surface area (Å²) < 4.78 is 5.19. The van der Waals surface area contributed by atoms with Gasteiger partial charge in [-0.1, -0.05) is 5.57 Å². The molecule has 0 bridgehead atoms. The number of rotatable bonds is 3. The third kappa shape index (κ3) is 2.44. The predicted molar refractivity (Wildman–Crippen MR) is 77.5 cm³/mol. The van der Waals surface area contributed by atoms with Gasteiger partial charge in [-0.05, 0) is 47.6 Å². The molecule has 1 saturated carbocycles. The standard InChI is InChI=1S/C16H24O5/c1-9(2)8-11(18)16(20)13(21-10(3)17)14(4,5)12(19)15(16,6)7/h8,13,20H,1-7H3/t13-,16+/m0/s1. The monoisotopic (exact) mass is 296 g/mol. The van der Waals surface area contributed by atoms with E-state index in [9.17, 15) is 19.5 Å². The van der Waals surface area contributed by atoms with E-state index in [-0.39, 0.29) is 5.78 Å². The van der Waals surface area contributed by atoms with Crippen LogP contribution in [0.25, 0.3) is 0 Å². The number of allylic oxidation sites excluding steroid dienone is 1. The van der Waals surface area contributed by atoms with Gasteiger partial charge in [0.25, 0.3) is 0 Å². The molecule has 0 radical (unpaired) electrons. The largest absolute Gasteiger partial charge is 0.458 e. The molecule has 1 rings (SSSR count). The first-order valence-corrected chi connectivity index (χ1v) is 6.93. The first kappa shape index (κ1) is 17.6. The molecular formula is C16H24O5. The fraction of sp³-hybridized carbons (Fsp3) is 0.688. The van der Waals surface area contributed by atoms with Crippen molar-refractivity contribution in [1.82, 2.24) is 0 Å². The van der Waals surface area contributed by atoms with E-state index in [1.807, 2.05) is 0 Å². The second-order valence-corrected chi connectivity index (χ2v) is 7.02. The average Bonchev–Trinajstić information content (AvgIpc) is 2.40. The fourth-order valence-electron chi connectivity index (χ4n) is 3.16. The lowest BCUT2D eigenvalue weighted by molar-refractivity contribution is -0.180. The number of Topliss-reactive ketones (excluding diaryl/α,β-unsaturated/α-hetero) is 1. The Bertz CT molecular complexity index is 523. The van der Waals surface area contributed by atoms with Crippen LogP contribution in [0.1, 0.15) is 48.5 Å². The minimum Gasteiger partial charge on any atom is -0.458 e. The molecule has 2 atom stereocenters. The Morgan fingerprint density at radius 3 is 2.00 bits per heavy atom. The summed E-state index contributed by atoms with van der Waals surface area (Å²) in [6, 6.07) is 0. The number of esters is 1. The van der Waals surface area contributed by atoms with E-state index in [2.05, 4.69) is 0 Å². The second kappa shape index (κ2) is 5.05. The van der Waals surface area contributed by atoms with Crippen LogP contribution in [-0.2, 0) is 19.1 Å². The number of ketones is 2. The summed E-state index contributed by atoms with van der Waals surface area (Å²) in [5.74, 6) is -1.56. The van der Waals surface area contributed by atoms with Crippen molar-refractivity contribution in [3.8, 4) is 0 Å². The molecule has 5 nitrogen and oxygen atoms in total. The smallest absolute Gasteiger partial charge is 0.303 e. The van der Waals surface area contributed by atoms with Crippen molar-refractivity contribution >= 4 is 17.5 Å². The summed E-state index contributed by atoms with van der Waals surface area (Å²) in [6.45, 7) is 10.8. The molecule has 1 fully saturated rings. The second-order valence-electron chi connectivity index (χ2n) is 7.02. The first-order chi connectivity index (χ1) is 9.29. The molecule has 0 spiro atoms. The Kier molecular flexibility index (Phi) is 4.23. The molecule has 0 amide bonds. The third-order valence-corrected chi connectivity index (χ3v) is 4.22. The molecule has 0 heterocycles. The van der Waals surface area contributed by atoms with Gasteiger partial charge < -0.3 is 9.84 Å². The van der Waals surface area contributed by atoms with Gasteiger partial charge in [0.15, 0.2) is 23.3 Å². The Morgan fingerprint density at radius 1 is 1.14 bits per heavy atom. The van der Waals surface area contributed by atoms with Crippen LogP contribution >= 0.6 is 0 Å². The van der Waals surface area contributed by atoms with Gasteiger partial charge in [0.05, 0.1) is 10.8 Å². The molecule has 0 aromatic rings. The lowest BCUT2D eigenvalue weighted by Gasteiger charge is -2.37. The van der Waals surface area contributed by atoms with E-state index in [4.69, 9.17) is 4.74 Å². The Labute approximate surface area is 125 Å². The Morgan fingerprint density at radius 2 is 1.62 bits per heavy atom. The summed E-state index contributed by atoms with van der Waals surface area (Å²) in [6.07, 6.45) is 0.0699. The summed E-state index contributed by atoms with van der Waals surface area (Å²) in [7, 11) is 0. The van der Waals surface area contributed by atoms with E-state index in [0.717, 1.165) is 0 Å². The highest BCUT2D eigenvalue weighted by Gasteiger charge is 2.72. The van der Waals surface area contributed by atoms with Crippen molar-refractivity contribution in [1.29, 1.82) is 0 Å². The summed E-state index contributed by atoms with van der Waals surface area (Å²) in [5.41, 5.74) is -3.87. The molecule has 0 saturated heterocycles. The molecule has 1 N–H and O–H groups in total. The number of ether oxygens (including phenoxy) is 1. The van der Waals surface area contributed by atoms with Crippen LogP contribution in [0.4, 0.5) is 0 Å². The van der Waals surface area contributed by atoms with Crippen molar-refractivity contribution in [2.45, 2.75) is 60.2 Å². The van der Waals surface area contributed by atoms with Gasteiger partial charge in [-0.25, -0.2) is 0 Å². The molecule has 1 aliphatic rings. The van der Waals surface area contributed by atoms with Crippen LogP contribution in [0.15, 0.2) is 11.6 Å². The van der Waals surface area contributed by atoms with Gasteiger partial charge in [-0.3, -0.25) is 14.4 Å². The van der Waals surface area contributed by atoms with Gasteiger partial charge in [0, 0.05) is 6.92 Å². The normalized spacial score (nSPS) is 29.9. The molecule has 0 aromatic carbocycles. The quantitative estimate of drug-likeness (QED) is 0.634. The van der Waals surface area contributed by atoms with Crippen molar-refractivity contribution in [3.05, 3.63) is 11.6 Å². The molecule has 5 heteroatoms. The van der Waals surface area contributed by atoms with Crippen LogP contribution in [0, 0.1) is 10.8 Å². The minimum absolute atomic E-state index is 0.306. The van der Waals surface area contributed by atoms with Gasteiger partial charge in [-0.2, -0.15) is 0 Å². The lowest BCUT2D eigenvalue weighted by atomic mass is 9.73. The van der Waals surface area contributed by atoms with Crippen LogP contribution < -0.4 is 0 Å². The van der Waals surface area contributed by atoms with E-state index >= 15 is 0 Å². The molecule has 0 unspecified atom stereocenters. The van der Waals surface area contributed by atoms with Crippen LogP contribution in [-0.4, -0.2) is 34.3 Å². The highest BCUT2D eigenvalue weighted by atomic mass is 16.6. The van der Waals surface area contributed by atoms with E-state index in [1.165, 1.54) is 26.8 Å². The van der Waals surface area contributed by atoms with Gasteiger partial charge in [0.2, 0.25) is 0 Å². The highest BCUT2D eigenvalue weighted by Crippen LogP contribution is 2.54. The number of aliphatic hydroxyl groups is 1. The van der Waals surface area contributed by atoms with Crippen LogP contribution in [0.5, 0.6) is 0 Å². The molecule has 0 aliphatic heterocycles. The Balaban J connectivity index is 3.55. The SMILES string of the molecule is CC(=O)O[C@H]1C(C)(C)C(=O)C(C)(C)[C@@]1(O)C(=O)C=C(C)C. The summed E-state index contributed by atoms with van der Waals surface area (Å²) >= 11 is 0. The predicted octanol–water partition coefficient (Wildman–Crippen LogP) is 1.82. The van der Waals surface area contributed by atoms with E-state index < -0.39 is 34.3 Å². The molecule has 118 valence electrons. The number of hydrogen-bond donors (Lipinski definition) is 1. The molecular weight excluding hydrogens is 272 g/mol. The number of carbonyl (C=O) groups is 3. The zero-order valence-electron chi connectivity index (χ0n) is 13.7. The van der Waals surface area contributed by atoms with Crippen LogP contribution in [0.3, 0.4) is 0 Å². The molecule has 21 heavy (non-hydrogen) atoms. The van der Waals surface area contributed by atoms with Gasteiger partial charge >= 0.3 is 5.97 Å². The summed E-state index contributed by atoms with van der Waals surface area (Å²) in [4.78, 5) is 36.5. The topological polar surface area (TPSA) is 80.7 Å². The number of carbonyl (C=O) groups excluding carboxylic acids is 3. The van der Waals surface area contributed by atoms with E-state index in [0.29, 0.717) is 5.57 Å². The zero-order chi connectivity index (χ0) is 16.8. The van der Waals surface area contributed by atoms with E-state index in [1.54, 1.807) is 27.7 Å². The highest BCUT2D eigenvalue weighted by molar-refractivity contribution is 6.08. The Hall–Kier alpha value is -1.49.